The summed E-state index contributed by atoms with van der Waals surface area (Å²) in [4.78, 5) is 32.3. The number of aromatic nitrogens is 1. The number of halogens is 3. The Morgan fingerprint density at radius 2 is 1.71 bits per heavy atom. The second-order valence-electron chi connectivity index (χ2n) is 12.5. The van der Waals surface area contributed by atoms with E-state index in [0.29, 0.717) is 5.69 Å². The molecule has 1 aromatic heterocycles. The molecule has 3 saturated heterocycles. The number of anilines is 2. The molecule has 2 amide bonds. The van der Waals surface area contributed by atoms with E-state index in [4.69, 9.17) is 21.1 Å². The number of benzene rings is 1. The van der Waals surface area contributed by atoms with Crippen molar-refractivity contribution in [2.75, 3.05) is 55.7 Å². The van der Waals surface area contributed by atoms with E-state index in [1.807, 2.05) is 0 Å². The molecule has 45 heavy (non-hydrogen) atoms. The summed E-state index contributed by atoms with van der Waals surface area (Å²) in [6, 6.07) is 8.12. The Morgan fingerprint density at radius 3 is 2.33 bits per heavy atom. The van der Waals surface area contributed by atoms with E-state index in [9.17, 15) is 18.0 Å². The molecule has 3 aliphatic rings. The van der Waals surface area contributed by atoms with Crippen molar-refractivity contribution in [2.24, 2.45) is 5.92 Å². The second kappa shape index (κ2) is 13.0. The summed E-state index contributed by atoms with van der Waals surface area (Å²) in [5, 5.41) is 2.66. The van der Waals surface area contributed by atoms with Crippen molar-refractivity contribution in [3.8, 4) is 0 Å². The minimum absolute atomic E-state index is 0.0483. The van der Waals surface area contributed by atoms with Gasteiger partial charge in [0.2, 0.25) is 15.9 Å². The first-order valence-corrected chi connectivity index (χ1v) is 16.7. The van der Waals surface area contributed by atoms with Crippen molar-refractivity contribution >= 4 is 45.1 Å². The van der Waals surface area contributed by atoms with Gasteiger partial charge in [-0.15, -0.1) is 0 Å². The highest BCUT2D eigenvalue weighted by molar-refractivity contribution is 7.89. The fourth-order valence-corrected chi connectivity index (χ4v) is 7.39. The van der Waals surface area contributed by atoms with Crippen molar-refractivity contribution in [1.29, 1.82) is 0 Å². The van der Waals surface area contributed by atoms with Gasteiger partial charge in [-0.25, -0.2) is 27.0 Å². The molecule has 15 heteroatoms. The number of nitrogens with one attached hydrogen (secondary N) is 1. The van der Waals surface area contributed by atoms with Gasteiger partial charge in [0.25, 0.3) is 5.92 Å². The van der Waals surface area contributed by atoms with Crippen molar-refractivity contribution in [3.63, 3.8) is 0 Å². The van der Waals surface area contributed by atoms with E-state index >= 15 is 8.78 Å². The summed E-state index contributed by atoms with van der Waals surface area (Å²) in [7, 11) is -3.87. The molecule has 3 fully saturated rings. The largest absolute Gasteiger partial charge is 0.444 e. The molecule has 246 valence electrons. The number of hydrogen-bond donors (Lipinski definition) is 1. The molecule has 0 bridgehead atoms. The molecule has 1 atom stereocenters. The van der Waals surface area contributed by atoms with Crippen LogP contribution in [0.3, 0.4) is 0 Å². The monoisotopic (exact) mass is 669 g/mol. The second-order valence-corrected chi connectivity index (χ2v) is 14.8. The summed E-state index contributed by atoms with van der Waals surface area (Å²) in [6.45, 7) is 6.76. The summed E-state index contributed by atoms with van der Waals surface area (Å²) in [5.74, 6) is -3.88. The molecule has 1 N–H and O–H groups in total. The quantitative estimate of drug-likeness (QED) is 0.431. The highest BCUT2D eigenvalue weighted by Gasteiger charge is 2.43. The fraction of sp³-hybridized carbons (Fsp3) is 0.567. The number of carbonyl (C=O) groups is 2. The van der Waals surface area contributed by atoms with Gasteiger partial charge in [-0.1, -0.05) is 11.6 Å². The van der Waals surface area contributed by atoms with Crippen molar-refractivity contribution in [1.82, 2.24) is 14.6 Å². The molecule has 1 unspecified atom stereocenters. The van der Waals surface area contributed by atoms with E-state index in [1.54, 1.807) is 37.8 Å². The maximum atomic E-state index is 15.4. The lowest BCUT2D eigenvalue weighted by Crippen LogP contribution is -2.49. The number of rotatable bonds is 7. The fourth-order valence-electron chi connectivity index (χ4n) is 5.77. The summed E-state index contributed by atoms with van der Waals surface area (Å²) < 4.78 is 69.4. The molecular formula is C30H38ClF2N5O6S. The van der Waals surface area contributed by atoms with Crippen LogP contribution in [0.5, 0.6) is 0 Å². The standard InChI is InChI=1S/C30H38ClF2N5O6S/c1-29(2,3)44-28(40)34-22-18-27(39)38(19-22)23-4-6-24(7-5-23)45(41,42)37-12-10-36(11-13-37)26-17-21(16-25(31)35-26)30(32,33)20-8-14-43-15-9-20/h4-7,16-17,20,22H,8-15,18-19H2,1-3H3,(H,34,40). The molecular weight excluding hydrogens is 632 g/mol. The summed E-state index contributed by atoms with van der Waals surface area (Å²) in [5.41, 5.74) is -0.362. The van der Waals surface area contributed by atoms with Crippen molar-refractivity contribution < 1.29 is 36.3 Å². The maximum Gasteiger partial charge on any atom is 0.407 e. The molecule has 2 aromatic rings. The molecule has 0 saturated carbocycles. The Hall–Kier alpha value is -3.07. The number of amides is 2. The molecule has 1 aromatic carbocycles. The maximum absolute atomic E-state index is 15.4. The van der Waals surface area contributed by atoms with Gasteiger partial charge in [0.15, 0.2) is 0 Å². The Bertz CT molecular complexity index is 1510. The first-order valence-electron chi connectivity index (χ1n) is 14.9. The van der Waals surface area contributed by atoms with Crippen LogP contribution in [0.25, 0.3) is 0 Å². The van der Waals surface area contributed by atoms with Crippen LogP contribution >= 0.6 is 11.6 Å². The SMILES string of the molecule is CC(C)(C)OC(=O)NC1CC(=O)N(c2ccc(S(=O)(=O)N3CCN(c4cc(C(F)(F)C5CCOCC5)cc(Cl)n4)CC3)cc2)C1. The van der Waals surface area contributed by atoms with Crippen LogP contribution in [-0.4, -0.2) is 87.3 Å². The first-order chi connectivity index (χ1) is 21.1. The number of carbonyl (C=O) groups excluding carboxylic acids is 2. The van der Waals surface area contributed by atoms with Gasteiger partial charge in [0, 0.05) is 69.5 Å². The molecule has 5 rings (SSSR count). The molecule has 0 spiro atoms. The zero-order valence-electron chi connectivity index (χ0n) is 25.5. The number of alkyl carbamates (subject to hydrolysis) is 1. The van der Waals surface area contributed by atoms with Crippen LogP contribution in [0.15, 0.2) is 41.3 Å². The highest BCUT2D eigenvalue weighted by atomic mass is 35.5. The molecule has 0 aliphatic carbocycles. The third kappa shape index (κ3) is 7.67. The van der Waals surface area contributed by atoms with Gasteiger partial charge in [-0.3, -0.25) is 4.79 Å². The lowest BCUT2D eigenvalue weighted by atomic mass is 9.88. The van der Waals surface area contributed by atoms with Gasteiger partial charge < -0.3 is 24.6 Å². The molecule has 3 aliphatic heterocycles. The van der Waals surface area contributed by atoms with Crippen LogP contribution in [0.4, 0.5) is 25.1 Å². The molecule has 11 nitrogen and oxygen atoms in total. The summed E-state index contributed by atoms with van der Waals surface area (Å²) in [6.07, 6.45) is -0.0113. The number of hydrogen-bond acceptors (Lipinski definition) is 8. The van der Waals surface area contributed by atoms with Gasteiger partial charge >= 0.3 is 6.09 Å². The predicted octanol–water partition coefficient (Wildman–Crippen LogP) is 4.39. The molecule has 0 radical (unpaired) electrons. The van der Waals surface area contributed by atoms with Crippen LogP contribution < -0.4 is 15.1 Å². The number of sulfonamides is 1. The van der Waals surface area contributed by atoms with Gasteiger partial charge in [-0.2, -0.15) is 4.31 Å². The first kappa shape index (κ1) is 33.3. The average Bonchev–Trinajstić information content (AvgIpc) is 3.35. The Labute approximate surface area is 266 Å². The van der Waals surface area contributed by atoms with Crippen molar-refractivity contribution in [2.45, 2.75) is 62.5 Å². The van der Waals surface area contributed by atoms with E-state index in [0.717, 1.165) is 0 Å². The third-order valence-electron chi connectivity index (χ3n) is 8.09. The summed E-state index contributed by atoms with van der Waals surface area (Å²) >= 11 is 6.17. The Morgan fingerprint density at radius 1 is 1.07 bits per heavy atom. The average molecular weight is 670 g/mol. The van der Waals surface area contributed by atoms with Crippen molar-refractivity contribution in [3.05, 3.63) is 47.1 Å². The Balaban J connectivity index is 1.20. The topological polar surface area (TPSA) is 121 Å². The van der Waals surface area contributed by atoms with E-state index in [-0.39, 0.29) is 92.5 Å². The highest BCUT2D eigenvalue weighted by Crippen LogP contribution is 2.42. The number of alkyl halides is 2. The number of ether oxygens (including phenoxy) is 2. The zero-order valence-corrected chi connectivity index (χ0v) is 27.0. The van der Waals surface area contributed by atoms with Gasteiger partial charge in [0.1, 0.15) is 16.6 Å². The normalized spacial score (nSPS) is 20.8. The smallest absolute Gasteiger partial charge is 0.407 e. The lowest BCUT2D eigenvalue weighted by molar-refractivity contribution is -0.117. The van der Waals surface area contributed by atoms with Gasteiger partial charge in [0.05, 0.1) is 10.9 Å². The number of piperazine rings is 1. The van der Waals surface area contributed by atoms with E-state index < -0.39 is 39.6 Å². The number of pyridine rings is 1. The van der Waals surface area contributed by atoms with E-state index in [1.165, 1.54) is 33.5 Å². The van der Waals surface area contributed by atoms with Crippen LogP contribution in [0, 0.1) is 5.92 Å². The van der Waals surface area contributed by atoms with Gasteiger partial charge in [-0.05, 0) is 70.0 Å². The lowest BCUT2D eigenvalue weighted by Gasteiger charge is -2.35. The van der Waals surface area contributed by atoms with Crippen LogP contribution in [-0.2, 0) is 30.2 Å². The van der Waals surface area contributed by atoms with Crippen LogP contribution in [0.2, 0.25) is 5.15 Å². The minimum Gasteiger partial charge on any atom is -0.444 e. The zero-order chi connectivity index (χ0) is 32.6. The Kier molecular flexibility index (Phi) is 9.60. The van der Waals surface area contributed by atoms with E-state index in [2.05, 4.69) is 10.3 Å². The predicted molar refractivity (Wildman–Crippen MR) is 164 cm³/mol. The number of nitrogens with zero attached hydrogens (tertiary/aromatic N) is 4. The molecule has 4 heterocycles. The third-order valence-corrected chi connectivity index (χ3v) is 10.2. The van der Waals surface area contributed by atoms with Crippen LogP contribution in [0.1, 0.15) is 45.6 Å². The minimum atomic E-state index is -3.87.